The smallest absolute Gasteiger partial charge is 0.160 e. The van der Waals surface area contributed by atoms with Crippen molar-refractivity contribution in [3.8, 4) is 67.5 Å². The van der Waals surface area contributed by atoms with E-state index >= 15 is 0 Å². The summed E-state index contributed by atoms with van der Waals surface area (Å²) < 4.78 is 4.85. The zero-order valence-electron chi connectivity index (χ0n) is 43.2. The van der Waals surface area contributed by atoms with Gasteiger partial charge in [-0.1, -0.05) is 196 Å². The molecule has 0 spiro atoms. The highest BCUT2D eigenvalue weighted by molar-refractivity contribution is 6.13. The Labute approximate surface area is 453 Å². The fourth-order valence-electron chi connectivity index (χ4n) is 12.3. The lowest BCUT2D eigenvalue weighted by Gasteiger charge is -2.42. The van der Waals surface area contributed by atoms with E-state index in [1.165, 1.54) is 71.8 Å². The highest BCUT2D eigenvalue weighted by Crippen LogP contribution is 2.53. The molecule has 1 aliphatic heterocycles. The van der Waals surface area contributed by atoms with Crippen molar-refractivity contribution < 1.29 is 0 Å². The monoisotopic (exact) mass is 997 g/mol. The summed E-state index contributed by atoms with van der Waals surface area (Å²) in [6.07, 6.45) is 0. The summed E-state index contributed by atoms with van der Waals surface area (Å²) in [5.41, 5.74) is 22.2. The van der Waals surface area contributed by atoms with Crippen molar-refractivity contribution in [2.45, 2.75) is 19.3 Å². The minimum absolute atomic E-state index is 0.266. The van der Waals surface area contributed by atoms with Crippen LogP contribution in [0.1, 0.15) is 25.0 Å². The molecule has 3 aromatic heterocycles. The van der Waals surface area contributed by atoms with Gasteiger partial charge in [0.25, 0.3) is 0 Å². The maximum absolute atomic E-state index is 5.25. The van der Waals surface area contributed by atoms with E-state index in [0.29, 0.717) is 5.82 Å². The van der Waals surface area contributed by atoms with Crippen LogP contribution in [-0.2, 0) is 5.41 Å². The summed E-state index contributed by atoms with van der Waals surface area (Å²) in [6.45, 7) is 4.75. The van der Waals surface area contributed by atoms with Crippen molar-refractivity contribution in [1.29, 1.82) is 0 Å². The molecule has 0 N–H and O–H groups in total. The van der Waals surface area contributed by atoms with Gasteiger partial charge >= 0.3 is 0 Å². The first kappa shape index (κ1) is 45.3. The molecule has 0 aliphatic carbocycles. The molecule has 15 rings (SSSR count). The van der Waals surface area contributed by atoms with Gasteiger partial charge < -0.3 is 14.0 Å². The molecule has 1 aliphatic rings. The molecule has 0 unspecified atom stereocenters. The van der Waals surface area contributed by atoms with E-state index in [1.807, 2.05) is 24.3 Å². The Hall–Kier alpha value is -10.1. The zero-order valence-corrected chi connectivity index (χ0v) is 43.2. The topological polar surface area (TPSA) is 38.9 Å². The molecule has 0 saturated heterocycles. The van der Waals surface area contributed by atoms with Crippen molar-refractivity contribution in [1.82, 2.24) is 19.1 Å². The van der Waals surface area contributed by atoms with E-state index in [1.54, 1.807) is 0 Å². The summed E-state index contributed by atoms with van der Waals surface area (Å²) >= 11 is 0. The molecule has 14 aromatic rings. The Kier molecular flexibility index (Phi) is 10.5. The number of rotatable bonds is 8. The first-order valence-electron chi connectivity index (χ1n) is 26.8. The number of para-hydroxylation sites is 3. The van der Waals surface area contributed by atoms with Crippen LogP contribution >= 0.6 is 0 Å². The lowest BCUT2D eigenvalue weighted by molar-refractivity contribution is 0.632. The predicted octanol–water partition coefficient (Wildman–Crippen LogP) is 19.1. The number of fused-ring (bicyclic) bond motifs is 8. The number of anilines is 3. The minimum atomic E-state index is -0.266. The molecule has 78 heavy (non-hydrogen) atoms. The fourth-order valence-corrected chi connectivity index (χ4v) is 12.3. The Morgan fingerprint density at radius 1 is 0.282 bits per heavy atom. The van der Waals surface area contributed by atoms with Gasteiger partial charge in [0, 0.05) is 60.7 Å². The van der Waals surface area contributed by atoms with Gasteiger partial charge in [-0.05, 0) is 124 Å². The van der Waals surface area contributed by atoms with Crippen molar-refractivity contribution in [3.05, 3.63) is 284 Å². The van der Waals surface area contributed by atoms with Gasteiger partial charge in [0.2, 0.25) is 0 Å². The number of hydrogen-bond donors (Lipinski definition) is 0. The van der Waals surface area contributed by atoms with Crippen LogP contribution in [0, 0.1) is 0 Å². The van der Waals surface area contributed by atoms with Gasteiger partial charge in [0.05, 0.1) is 44.8 Å². The largest absolute Gasteiger partial charge is 0.310 e. The fraction of sp³-hybridized carbons (Fsp3) is 0.0411. The Morgan fingerprint density at radius 2 is 0.756 bits per heavy atom. The van der Waals surface area contributed by atoms with Crippen LogP contribution in [0.5, 0.6) is 0 Å². The quantitative estimate of drug-likeness (QED) is 0.152. The summed E-state index contributed by atoms with van der Waals surface area (Å²) in [6, 6.07) is 98.8. The molecule has 5 nitrogen and oxygen atoms in total. The maximum Gasteiger partial charge on any atom is 0.160 e. The average Bonchev–Trinajstić information content (AvgIpc) is 3.99. The van der Waals surface area contributed by atoms with E-state index < -0.39 is 0 Å². The van der Waals surface area contributed by atoms with Crippen LogP contribution in [0.25, 0.3) is 111 Å². The van der Waals surface area contributed by atoms with E-state index in [4.69, 9.17) is 9.97 Å². The Bertz CT molecular complexity index is 4520. The molecule has 0 radical (unpaired) electrons. The summed E-state index contributed by atoms with van der Waals surface area (Å²) in [5.74, 6) is 0.694. The SMILES string of the molecule is CC1(C)c2ccccc2N(c2ccc(-c3ccccc3)cc2)c2ccc(-c3ccc4c(c3)c3cc(-n5c6ccccc6c6ccccc65)ccc3n4-c3cccc(-c4cc(-c5ccccc5)nc(-c5ccccc5)n4)c3)cc21. The molecule has 0 amide bonds. The van der Waals surface area contributed by atoms with Crippen LogP contribution in [0.3, 0.4) is 0 Å². The van der Waals surface area contributed by atoms with Crippen molar-refractivity contribution in [2.75, 3.05) is 4.90 Å². The second-order valence-corrected chi connectivity index (χ2v) is 21.0. The van der Waals surface area contributed by atoms with Gasteiger partial charge in [-0.25, -0.2) is 9.97 Å². The average molecular weight is 998 g/mol. The standard InChI is InChI=1S/C73H51N5/c1-73(2)62-29-14-17-32-70(62)76(55-37-33-49(34-38-55)48-19-6-3-7-20-48)71-41-36-53(45-63(71)73)52-35-40-68-60(44-52)61-46-57(78-66-30-15-12-27-58(66)59-28-13-16-31-67(59)78)39-42-69(61)77(68)56-26-18-25-54(43-56)65-47-64(50-21-8-4-9-22-50)74-72(75-65)51-23-10-5-11-24-51/h3-47H,1-2H3. The van der Waals surface area contributed by atoms with Crippen LogP contribution in [0.4, 0.5) is 17.1 Å². The zero-order chi connectivity index (χ0) is 51.9. The third kappa shape index (κ3) is 7.38. The highest BCUT2D eigenvalue weighted by Gasteiger charge is 2.37. The number of nitrogens with zero attached hydrogens (tertiary/aromatic N) is 5. The molecule has 5 heteroatoms. The van der Waals surface area contributed by atoms with Crippen LogP contribution in [0.2, 0.25) is 0 Å². The van der Waals surface area contributed by atoms with E-state index in [-0.39, 0.29) is 5.41 Å². The third-order valence-electron chi connectivity index (χ3n) is 16.1. The third-order valence-corrected chi connectivity index (χ3v) is 16.1. The van der Waals surface area contributed by atoms with Gasteiger partial charge in [-0.3, -0.25) is 0 Å². The van der Waals surface area contributed by atoms with Crippen molar-refractivity contribution in [3.63, 3.8) is 0 Å². The lowest BCUT2D eigenvalue weighted by Crippen LogP contribution is -2.30. The maximum atomic E-state index is 5.25. The first-order valence-corrected chi connectivity index (χ1v) is 26.8. The number of benzene rings is 11. The van der Waals surface area contributed by atoms with Crippen LogP contribution < -0.4 is 4.90 Å². The molecule has 0 bridgehead atoms. The molecule has 0 saturated carbocycles. The normalized spacial score (nSPS) is 12.8. The Morgan fingerprint density at radius 3 is 1.46 bits per heavy atom. The molecule has 0 atom stereocenters. The second kappa shape index (κ2) is 18.0. The van der Waals surface area contributed by atoms with Gasteiger partial charge in [-0.2, -0.15) is 0 Å². The molecule has 11 aromatic carbocycles. The molecular weight excluding hydrogens is 947 g/mol. The molecule has 0 fully saturated rings. The van der Waals surface area contributed by atoms with Crippen molar-refractivity contribution >= 4 is 60.7 Å². The van der Waals surface area contributed by atoms with Crippen LogP contribution in [-0.4, -0.2) is 19.1 Å². The minimum Gasteiger partial charge on any atom is -0.310 e. The predicted molar refractivity (Wildman–Crippen MR) is 325 cm³/mol. The van der Waals surface area contributed by atoms with Gasteiger partial charge in [0.15, 0.2) is 5.82 Å². The first-order chi connectivity index (χ1) is 38.4. The second-order valence-electron chi connectivity index (χ2n) is 21.0. The molecule has 368 valence electrons. The lowest BCUT2D eigenvalue weighted by atomic mass is 9.73. The van der Waals surface area contributed by atoms with E-state index in [9.17, 15) is 0 Å². The summed E-state index contributed by atoms with van der Waals surface area (Å²) in [7, 11) is 0. The van der Waals surface area contributed by atoms with Gasteiger partial charge in [-0.15, -0.1) is 0 Å². The Balaban J connectivity index is 0.907. The highest BCUT2D eigenvalue weighted by atomic mass is 15.2. The summed E-state index contributed by atoms with van der Waals surface area (Å²) in [5, 5.41) is 4.84. The van der Waals surface area contributed by atoms with E-state index in [0.717, 1.165) is 61.7 Å². The number of hydrogen-bond acceptors (Lipinski definition) is 3. The van der Waals surface area contributed by atoms with Crippen molar-refractivity contribution in [2.24, 2.45) is 0 Å². The molecular formula is C73H51N5. The number of aromatic nitrogens is 4. The van der Waals surface area contributed by atoms with Gasteiger partial charge in [0.1, 0.15) is 0 Å². The van der Waals surface area contributed by atoms with Crippen LogP contribution in [0.15, 0.2) is 273 Å². The summed E-state index contributed by atoms with van der Waals surface area (Å²) in [4.78, 5) is 12.8. The van der Waals surface area contributed by atoms with E-state index in [2.05, 4.69) is 277 Å². The molecule has 4 heterocycles.